The van der Waals surface area contributed by atoms with Gasteiger partial charge in [0.05, 0.1) is 23.3 Å². The van der Waals surface area contributed by atoms with E-state index in [0.29, 0.717) is 6.61 Å². The topological polar surface area (TPSA) is 65.2 Å². The molecule has 5 rings (SSSR count). The minimum Gasteiger partial charge on any atom is -0.369 e. The number of ether oxygens (including phenoxy) is 1. The summed E-state index contributed by atoms with van der Waals surface area (Å²) in [6.07, 6.45) is 8.24. The molecule has 1 unspecified atom stereocenters. The van der Waals surface area contributed by atoms with Gasteiger partial charge >= 0.3 is 0 Å². The van der Waals surface area contributed by atoms with Gasteiger partial charge in [0, 0.05) is 44.7 Å². The third-order valence-electron chi connectivity index (χ3n) is 6.35. The largest absolute Gasteiger partial charge is 0.369 e. The summed E-state index contributed by atoms with van der Waals surface area (Å²) in [5.74, 6) is 0.938. The molecule has 7 heteroatoms. The van der Waals surface area contributed by atoms with Gasteiger partial charge in [0.15, 0.2) is 0 Å². The van der Waals surface area contributed by atoms with Gasteiger partial charge < -0.3 is 18.8 Å². The van der Waals surface area contributed by atoms with Gasteiger partial charge in [-0.25, -0.2) is 9.97 Å². The monoisotopic (exact) mass is 393 g/mol. The van der Waals surface area contributed by atoms with Crippen molar-refractivity contribution < 1.29 is 9.53 Å². The first-order chi connectivity index (χ1) is 14.3. The fourth-order valence-corrected chi connectivity index (χ4v) is 4.85. The number of carbonyl (C=O) groups is 1. The van der Waals surface area contributed by atoms with Crippen molar-refractivity contribution in [1.29, 1.82) is 0 Å². The van der Waals surface area contributed by atoms with Crippen molar-refractivity contribution in [2.45, 2.75) is 51.4 Å². The minimum atomic E-state index is -0.243. The smallest absolute Gasteiger partial charge is 0.229 e. The zero-order valence-electron chi connectivity index (χ0n) is 16.8. The molecule has 2 fully saturated rings. The third-order valence-corrected chi connectivity index (χ3v) is 6.35. The van der Waals surface area contributed by atoms with Crippen molar-refractivity contribution in [1.82, 2.24) is 24.0 Å². The molecule has 4 heterocycles. The van der Waals surface area contributed by atoms with Gasteiger partial charge in [-0.3, -0.25) is 4.79 Å². The van der Waals surface area contributed by atoms with Crippen LogP contribution in [0.3, 0.4) is 0 Å². The first kappa shape index (κ1) is 18.4. The zero-order valence-corrected chi connectivity index (χ0v) is 16.8. The van der Waals surface area contributed by atoms with Crippen LogP contribution in [-0.4, -0.2) is 49.1 Å². The summed E-state index contributed by atoms with van der Waals surface area (Å²) in [4.78, 5) is 24.6. The summed E-state index contributed by atoms with van der Waals surface area (Å²) in [7, 11) is 0. The lowest BCUT2D eigenvalue weighted by molar-refractivity contribution is -0.138. The quantitative estimate of drug-likeness (QED) is 0.668. The Morgan fingerprint density at radius 3 is 3.00 bits per heavy atom. The first-order valence-corrected chi connectivity index (χ1v) is 10.6. The normalized spacial score (nSPS) is 24.6. The van der Waals surface area contributed by atoms with Crippen LogP contribution >= 0.6 is 0 Å². The van der Waals surface area contributed by atoms with Crippen LogP contribution in [0.4, 0.5) is 0 Å². The van der Waals surface area contributed by atoms with Crippen LogP contribution in [0.25, 0.3) is 11.0 Å². The molecular weight excluding hydrogens is 366 g/mol. The molecule has 0 aliphatic carbocycles. The summed E-state index contributed by atoms with van der Waals surface area (Å²) in [5.41, 5.74) is 2.12. The second kappa shape index (κ2) is 7.63. The standard InChI is InChI=1S/C22H27N5O2/c1-2-25-12-10-23-21(25)20-17(9-13-29-20)22(28)27-11-5-6-16(27)14-26-15-24-18-7-3-4-8-19(18)26/h3-4,7-8,10,12,15-17,20H,2,5-6,9,11,13-14H2,1H3/t16?,17-,20-/m1/s1. The second-order valence-electron chi connectivity index (χ2n) is 7.97. The van der Waals surface area contributed by atoms with E-state index in [-0.39, 0.29) is 24.0 Å². The Morgan fingerprint density at radius 1 is 1.21 bits per heavy atom. The van der Waals surface area contributed by atoms with Crippen molar-refractivity contribution in [3.63, 3.8) is 0 Å². The molecule has 7 nitrogen and oxygen atoms in total. The molecule has 0 radical (unpaired) electrons. The first-order valence-electron chi connectivity index (χ1n) is 10.6. The van der Waals surface area contributed by atoms with E-state index in [1.165, 1.54) is 0 Å². The van der Waals surface area contributed by atoms with Crippen molar-refractivity contribution in [3.05, 3.63) is 48.8 Å². The number of fused-ring (bicyclic) bond motifs is 1. The molecule has 2 aliphatic rings. The molecule has 0 bridgehead atoms. The highest BCUT2D eigenvalue weighted by atomic mass is 16.5. The number of rotatable bonds is 5. The predicted octanol–water partition coefficient (Wildman–Crippen LogP) is 3.02. The zero-order chi connectivity index (χ0) is 19.8. The highest BCUT2D eigenvalue weighted by molar-refractivity contribution is 5.80. The van der Waals surface area contributed by atoms with E-state index < -0.39 is 0 Å². The van der Waals surface area contributed by atoms with E-state index in [9.17, 15) is 4.79 Å². The Bertz CT molecular complexity index is 1010. The Morgan fingerprint density at radius 2 is 2.10 bits per heavy atom. The van der Waals surface area contributed by atoms with Gasteiger partial charge in [0.25, 0.3) is 0 Å². The average Bonchev–Trinajstić information content (AvgIpc) is 3.53. The fraction of sp³-hybridized carbons (Fsp3) is 0.500. The SMILES string of the molecule is CCn1ccnc1[C@@H]1OCC[C@H]1C(=O)N1CCCC1Cn1cnc2ccccc21. The summed E-state index contributed by atoms with van der Waals surface area (Å²) < 4.78 is 10.2. The van der Waals surface area contributed by atoms with Crippen LogP contribution < -0.4 is 0 Å². The minimum absolute atomic E-state index is 0.150. The van der Waals surface area contributed by atoms with E-state index in [2.05, 4.69) is 37.0 Å². The number of likely N-dealkylation sites (tertiary alicyclic amines) is 1. The molecule has 0 spiro atoms. The highest BCUT2D eigenvalue weighted by Crippen LogP contribution is 2.37. The number of nitrogens with zero attached hydrogens (tertiary/aromatic N) is 5. The molecule has 2 aliphatic heterocycles. The number of para-hydroxylation sites is 2. The number of aryl methyl sites for hydroxylation is 1. The lowest BCUT2D eigenvalue weighted by Crippen LogP contribution is -2.42. The maximum absolute atomic E-state index is 13.5. The summed E-state index contributed by atoms with van der Waals surface area (Å²) in [5, 5.41) is 0. The molecule has 2 saturated heterocycles. The Balaban J connectivity index is 1.36. The predicted molar refractivity (Wildman–Crippen MR) is 109 cm³/mol. The van der Waals surface area contributed by atoms with E-state index in [1.807, 2.05) is 30.7 Å². The lowest BCUT2D eigenvalue weighted by atomic mass is 9.98. The number of hydrogen-bond donors (Lipinski definition) is 0. The summed E-state index contributed by atoms with van der Waals surface area (Å²) in [6.45, 7) is 5.14. The number of imidazole rings is 2. The molecule has 0 saturated carbocycles. The fourth-order valence-electron chi connectivity index (χ4n) is 4.85. The van der Waals surface area contributed by atoms with Crippen molar-refractivity contribution >= 4 is 16.9 Å². The Labute approximate surface area is 170 Å². The third kappa shape index (κ3) is 3.23. The van der Waals surface area contributed by atoms with Gasteiger partial charge in [-0.1, -0.05) is 12.1 Å². The number of amides is 1. The molecule has 2 aromatic heterocycles. The molecule has 3 aromatic rings. The van der Waals surface area contributed by atoms with E-state index in [1.54, 1.807) is 6.20 Å². The molecule has 1 amide bonds. The van der Waals surface area contributed by atoms with E-state index in [4.69, 9.17) is 4.74 Å². The van der Waals surface area contributed by atoms with Crippen molar-refractivity contribution in [3.8, 4) is 0 Å². The van der Waals surface area contributed by atoms with Crippen LogP contribution in [0.5, 0.6) is 0 Å². The van der Waals surface area contributed by atoms with Crippen LogP contribution in [0.1, 0.15) is 38.1 Å². The number of hydrogen-bond acceptors (Lipinski definition) is 4. The maximum atomic E-state index is 13.5. The van der Waals surface area contributed by atoms with Crippen LogP contribution in [0, 0.1) is 5.92 Å². The summed E-state index contributed by atoms with van der Waals surface area (Å²) in [6, 6.07) is 8.36. The van der Waals surface area contributed by atoms with Gasteiger partial charge in [0.2, 0.25) is 5.91 Å². The average molecular weight is 393 g/mol. The molecule has 29 heavy (non-hydrogen) atoms. The Hall–Kier alpha value is -2.67. The maximum Gasteiger partial charge on any atom is 0.229 e. The van der Waals surface area contributed by atoms with Gasteiger partial charge in [-0.15, -0.1) is 0 Å². The van der Waals surface area contributed by atoms with E-state index in [0.717, 1.165) is 55.8 Å². The lowest BCUT2D eigenvalue weighted by Gasteiger charge is -2.29. The number of carbonyl (C=O) groups excluding carboxylic acids is 1. The summed E-state index contributed by atoms with van der Waals surface area (Å²) >= 11 is 0. The molecule has 3 atom stereocenters. The molecule has 1 aromatic carbocycles. The Kier molecular flexibility index (Phi) is 4.83. The molecule has 0 N–H and O–H groups in total. The van der Waals surface area contributed by atoms with Crippen molar-refractivity contribution in [2.24, 2.45) is 5.92 Å². The number of benzene rings is 1. The van der Waals surface area contributed by atoms with Gasteiger partial charge in [0.1, 0.15) is 11.9 Å². The highest BCUT2D eigenvalue weighted by Gasteiger charge is 2.42. The molecular formula is C22H27N5O2. The van der Waals surface area contributed by atoms with Crippen LogP contribution in [-0.2, 0) is 22.6 Å². The van der Waals surface area contributed by atoms with E-state index >= 15 is 0 Å². The number of aromatic nitrogens is 4. The van der Waals surface area contributed by atoms with Crippen molar-refractivity contribution in [2.75, 3.05) is 13.2 Å². The second-order valence-corrected chi connectivity index (χ2v) is 7.97. The van der Waals surface area contributed by atoms with Gasteiger partial charge in [-0.2, -0.15) is 0 Å². The van der Waals surface area contributed by atoms with Crippen LogP contribution in [0.15, 0.2) is 43.0 Å². The molecule has 152 valence electrons. The van der Waals surface area contributed by atoms with Crippen LogP contribution in [0.2, 0.25) is 0 Å². The van der Waals surface area contributed by atoms with Gasteiger partial charge in [-0.05, 0) is 38.3 Å².